The number of nitrogens with two attached hydrogens (primary N) is 1. The van der Waals surface area contributed by atoms with Crippen molar-refractivity contribution < 1.29 is 4.79 Å². The number of rotatable bonds is 7. The molecule has 0 aliphatic carbocycles. The number of hydrogen-bond acceptors (Lipinski definition) is 4. The first-order valence-electron chi connectivity index (χ1n) is 8.75. The third kappa shape index (κ3) is 5.29. The molecule has 0 saturated carbocycles. The van der Waals surface area contributed by atoms with Crippen LogP contribution in [0.15, 0.2) is 42.5 Å². The number of nitrogen functional groups attached to an aromatic ring is 1. The molecule has 5 heteroatoms. The lowest BCUT2D eigenvalue weighted by molar-refractivity contribution is 0.0934. The minimum absolute atomic E-state index is 0.154. The molecule has 1 aromatic heterocycles. The number of carbonyl (C=O) groups is 1. The van der Waals surface area contributed by atoms with Crippen molar-refractivity contribution in [2.75, 3.05) is 18.8 Å². The molecule has 0 radical (unpaired) electrons. The van der Waals surface area contributed by atoms with Gasteiger partial charge in [-0.25, -0.2) is 4.98 Å². The van der Waals surface area contributed by atoms with Crippen LogP contribution in [0.3, 0.4) is 0 Å². The van der Waals surface area contributed by atoms with Gasteiger partial charge in [-0.2, -0.15) is 0 Å². The molecular weight excluding hydrogens is 312 g/mol. The predicted octanol–water partition coefficient (Wildman–Crippen LogP) is 3.18. The Morgan fingerprint density at radius 2 is 1.80 bits per heavy atom. The van der Waals surface area contributed by atoms with Gasteiger partial charge in [-0.3, -0.25) is 9.69 Å². The lowest BCUT2D eigenvalue weighted by Gasteiger charge is -2.30. The van der Waals surface area contributed by atoms with E-state index in [4.69, 9.17) is 5.73 Å². The van der Waals surface area contributed by atoms with Crippen molar-refractivity contribution in [2.45, 2.75) is 39.8 Å². The van der Waals surface area contributed by atoms with E-state index in [0.717, 1.165) is 17.8 Å². The number of anilines is 1. The smallest absolute Gasteiger partial charge is 0.269 e. The summed E-state index contributed by atoms with van der Waals surface area (Å²) in [5.74, 6) is -0.154. The van der Waals surface area contributed by atoms with Gasteiger partial charge < -0.3 is 11.1 Å². The summed E-state index contributed by atoms with van der Waals surface area (Å²) in [6, 6.07) is 13.8. The summed E-state index contributed by atoms with van der Waals surface area (Å²) in [5.41, 5.74) is 8.56. The normalized spacial score (nSPS) is 11.3. The molecule has 0 unspecified atom stereocenters. The summed E-state index contributed by atoms with van der Waals surface area (Å²) in [4.78, 5) is 19.2. The molecule has 0 aliphatic heterocycles. The Hall–Kier alpha value is -2.40. The summed E-state index contributed by atoms with van der Waals surface area (Å²) >= 11 is 0. The van der Waals surface area contributed by atoms with E-state index in [0.29, 0.717) is 30.0 Å². The predicted molar refractivity (Wildman–Crippen MR) is 103 cm³/mol. The van der Waals surface area contributed by atoms with E-state index in [9.17, 15) is 4.79 Å². The molecule has 0 spiro atoms. The van der Waals surface area contributed by atoms with E-state index < -0.39 is 0 Å². The number of hydrogen-bond donors (Lipinski definition) is 2. The van der Waals surface area contributed by atoms with Crippen LogP contribution >= 0.6 is 0 Å². The lowest BCUT2D eigenvalue weighted by Crippen LogP contribution is -2.42. The number of carbonyl (C=O) groups excluding carboxylic acids is 1. The van der Waals surface area contributed by atoms with Crippen LogP contribution < -0.4 is 11.1 Å². The van der Waals surface area contributed by atoms with Gasteiger partial charge in [0.15, 0.2) is 0 Å². The highest BCUT2D eigenvalue weighted by Gasteiger charge is 2.14. The fourth-order valence-electron chi connectivity index (χ4n) is 2.92. The van der Waals surface area contributed by atoms with Crippen molar-refractivity contribution in [1.29, 1.82) is 0 Å². The average Bonchev–Trinajstić information content (AvgIpc) is 2.58. The number of aromatic nitrogens is 1. The van der Waals surface area contributed by atoms with E-state index in [1.807, 2.05) is 36.4 Å². The Bertz CT molecular complexity index is 704. The first-order valence-corrected chi connectivity index (χ1v) is 8.75. The van der Waals surface area contributed by atoms with E-state index >= 15 is 0 Å². The summed E-state index contributed by atoms with van der Waals surface area (Å²) in [7, 11) is 0. The third-order valence-corrected chi connectivity index (χ3v) is 4.15. The number of amides is 1. The van der Waals surface area contributed by atoms with Gasteiger partial charge in [-0.15, -0.1) is 0 Å². The SMILES string of the molecule is CC(C)N(CCNC(=O)c1cccc(-c2cccc(N)c2)n1)C(C)C. The Balaban J connectivity index is 2.02. The molecule has 0 aliphatic rings. The van der Waals surface area contributed by atoms with Crippen molar-refractivity contribution in [3.63, 3.8) is 0 Å². The molecule has 0 atom stereocenters. The third-order valence-electron chi connectivity index (χ3n) is 4.15. The van der Waals surface area contributed by atoms with Crippen molar-refractivity contribution in [3.8, 4) is 11.3 Å². The maximum Gasteiger partial charge on any atom is 0.269 e. The van der Waals surface area contributed by atoms with Gasteiger partial charge in [0.25, 0.3) is 5.91 Å². The van der Waals surface area contributed by atoms with Gasteiger partial charge in [-0.1, -0.05) is 18.2 Å². The van der Waals surface area contributed by atoms with Gasteiger partial charge in [0, 0.05) is 36.4 Å². The second kappa shape index (κ2) is 8.62. The molecule has 0 saturated heterocycles. The zero-order valence-corrected chi connectivity index (χ0v) is 15.5. The number of benzene rings is 1. The quantitative estimate of drug-likeness (QED) is 0.760. The zero-order chi connectivity index (χ0) is 18.4. The molecule has 0 fully saturated rings. The maximum atomic E-state index is 12.4. The fraction of sp³-hybridized carbons (Fsp3) is 0.400. The van der Waals surface area contributed by atoms with Crippen molar-refractivity contribution >= 4 is 11.6 Å². The van der Waals surface area contributed by atoms with Crippen LogP contribution in [0, 0.1) is 0 Å². The molecule has 2 aromatic rings. The van der Waals surface area contributed by atoms with Crippen LogP contribution in [-0.2, 0) is 0 Å². The zero-order valence-electron chi connectivity index (χ0n) is 15.5. The van der Waals surface area contributed by atoms with E-state index in [-0.39, 0.29) is 5.91 Å². The van der Waals surface area contributed by atoms with Crippen LogP contribution in [-0.4, -0.2) is 41.0 Å². The Morgan fingerprint density at radius 1 is 1.12 bits per heavy atom. The second-order valence-electron chi connectivity index (χ2n) is 6.71. The molecule has 5 nitrogen and oxygen atoms in total. The topological polar surface area (TPSA) is 71.2 Å². The molecular formula is C20H28N4O. The molecule has 0 bridgehead atoms. The van der Waals surface area contributed by atoms with E-state index in [1.54, 1.807) is 6.07 Å². The lowest BCUT2D eigenvalue weighted by atomic mass is 10.1. The van der Waals surface area contributed by atoms with Crippen LogP contribution in [0.5, 0.6) is 0 Å². The standard InChI is InChI=1S/C20H28N4O/c1-14(2)24(15(3)4)12-11-22-20(25)19-10-6-9-18(23-19)16-7-5-8-17(21)13-16/h5-10,13-15H,11-12,21H2,1-4H3,(H,22,25). The van der Waals surface area contributed by atoms with Crippen LogP contribution in [0.2, 0.25) is 0 Å². The molecule has 3 N–H and O–H groups in total. The largest absolute Gasteiger partial charge is 0.399 e. The van der Waals surface area contributed by atoms with Crippen LogP contribution in [0.25, 0.3) is 11.3 Å². The Labute approximate surface area is 150 Å². The monoisotopic (exact) mass is 340 g/mol. The summed E-state index contributed by atoms with van der Waals surface area (Å²) in [6.07, 6.45) is 0. The van der Waals surface area contributed by atoms with Crippen LogP contribution in [0.4, 0.5) is 5.69 Å². The number of nitrogens with one attached hydrogen (secondary N) is 1. The van der Waals surface area contributed by atoms with E-state index in [2.05, 4.69) is 42.9 Å². The minimum Gasteiger partial charge on any atom is -0.399 e. The highest BCUT2D eigenvalue weighted by Crippen LogP contribution is 2.19. The fourth-order valence-corrected chi connectivity index (χ4v) is 2.92. The summed E-state index contributed by atoms with van der Waals surface area (Å²) in [5, 5.41) is 2.96. The van der Waals surface area contributed by atoms with Gasteiger partial charge in [0.1, 0.15) is 5.69 Å². The molecule has 134 valence electrons. The highest BCUT2D eigenvalue weighted by atomic mass is 16.1. The van der Waals surface area contributed by atoms with Gasteiger partial charge in [0.2, 0.25) is 0 Å². The van der Waals surface area contributed by atoms with Crippen molar-refractivity contribution in [2.24, 2.45) is 0 Å². The summed E-state index contributed by atoms with van der Waals surface area (Å²) < 4.78 is 0. The first kappa shape index (κ1) is 18.9. The van der Waals surface area contributed by atoms with E-state index in [1.165, 1.54) is 0 Å². The van der Waals surface area contributed by atoms with Gasteiger partial charge in [-0.05, 0) is 52.0 Å². The molecule has 2 rings (SSSR count). The van der Waals surface area contributed by atoms with Crippen molar-refractivity contribution in [3.05, 3.63) is 48.2 Å². The summed E-state index contributed by atoms with van der Waals surface area (Å²) in [6.45, 7) is 10.1. The minimum atomic E-state index is -0.154. The molecule has 1 heterocycles. The van der Waals surface area contributed by atoms with Crippen molar-refractivity contribution in [1.82, 2.24) is 15.2 Å². The Kier molecular flexibility index (Phi) is 6.53. The highest BCUT2D eigenvalue weighted by molar-refractivity contribution is 5.92. The molecule has 25 heavy (non-hydrogen) atoms. The van der Waals surface area contributed by atoms with Gasteiger partial charge >= 0.3 is 0 Å². The molecule has 1 amide bonds. The average molecular weight is 340 g/mol. The first-order chi connectivity index (χ1) is 11.9. The number of nitrogens with zero attached hydrogens (tertiary/aromatic N) is 2. The van der Waals surface area contributed by atoms with Gasteiger partial charge in [0.05, 0.1) is 5.69 Å². The number of pyridine rings is 1. The second-order valence-corrected chi connectivity index (χ2v) is 6.71. The molecule has 1 aromatic carbocycles. The van der Waals surface area contributed by atoms with Crippen LogP contribution in [0.1, 0.15) is 38.2 Å². The Morgan fingerprint density at radius 3 is 2.44 bits per heavy atom. The maximum absolute atomic E-state index is 12.4.